The van der Waals surface area contributed by atoms with Crippen LogP contribution in [0.1, 0.15) is 18.0 Å². The van der Waals surface area contributed by atoms with E-state index in [1.807, 2.05) is 30.5 Å². The molecule has 4 nitrogen and oxygen atoms in total. The number of hydrogen-bond acceptors (Lipinski definition) is 3. The highest BCUT2D eigenvalue weighted by Crippen LogP contribution is 2.20. The summed E-state index contributed by atoms with van der Waals surface area (Å²) in [5.41, 5.74) is 7.93. The Labute approximate surface area is 93.4 Å². The molecule has 1 aromatic carbocycles. The summed E-state index contributed by atoms with van der Waals surface area (Å²) in [4.78, 5) is 14.2. The lowest BCUT2D eigenvalue weighted by Crippen LogP contribution is -2.16. The van der Waals surface area contributed by atoms with Gasteiger partial charge >= 0.3 is 5.97 Å². The molecule has 0 aliphatic heterocycles. The fraction of sp³-hybridized carbons (Fsp3) is 0.250. The van der Waals surface area contributed by atoms with Gasteiger partial charge in [-0.2, -0.15) is 0 Å². The van der Waals surface area contributed by atoms with E-state index in [2.05, 4.69) is 9.72 Å². The molecule has 1 atom stereocenters. The van der Waals surface area contributed by atoms with Gasteiger partial charge in [-0.05, 0) is 29.1 Å². The number of benzene rings is 1. The predicted octanol–water partition coefficient (Wildman–Crippen LogP) is 1.73. The normalized spacial score (nSPS) is 12.6. The van der Waals surface area contributed by atoms with E-state index in [0.29, 0.717) is 0 Å². The average molecular weight is 218 g/mol. The summed E-state index contributed by atoms with van der Waals surface area (Å²) in [5.74, 6) is -0.290. The van der Waals surface area contributed by atoms with E-state index < -0.39 is 0 Å². The zero-order valence-corrected chi connectivity index (χ0v) is 9.07. The minimum absolute atomic E-state index is 0.201. The van der Waals surface area contributed by atoms with E-state index in [0.717, 1.165) is 16.5 Å². The van der Waals surface area contributed by atoms with Crippen molar-refractivity contribution >= 4 is 16.9 Å². The molecule has 0 radical (unpaired) electrons. The molecule has 4 heteroatoms. The maximum atomic E-state index is 11.1. The van der Waals surface area contributed by atoms with Gasteiger partial charge in [0.1, 0.15) is 0 Å². The Morgan fingerprint density at radius 2 is 2.31 bits per heavy atom. The summed E-state index contributed by atoms with van der Waals surface area (Å²) in [6.45, 7) is 0. The fourth-order valence-corrected chi connectivity index (χ4v) is 1.68. The summed E-state index contributed by atoms with van der Waals surface area (Å²) in [7, 11) is 1.37. The number of hydrogen-bond donors (Lipinski definition) is 2. The summed E-state index contributed by atoms with van der Waals surface area (Å²) in [6, 6.07) is 7.53. The van der Waals surface area contributed by atoms with Crippen LogP contribution in [0.5, 0.6) is 0 Å². The van der Waals surface area contributed by atoms with E-state index in [1.54, 1.807) is 0 Å². The number of carbonyl (C=O) groups excluding carboxylic acids is 1. The number of ether oxygens (including phenoxy) is 1. The average Bonchev–Trinajstić information content (AvgIpc) is 2.75. The molecule has 1 heterocycles. The van der Waals surface area contributed by atoms with Crippen LogP contribution in [0.25, 0.3) is 10.9 Å². The molecule has 2 aromatic rings. The SMILES string of the molecule is COC(=O)C[C@H](N)c1ccc2[nH]ccc2c1. The zero-order valence-electron chi connectivity index (χ0n) is 9.07. The Hall–Kier alpha value is -1.81. The maximum Gasteiger partial charge on any atom is 0.307 e. The first-order chi connectivity index (χ1) is 7.70. The number of aromatic amines is 1. The Morgan fingerprint density at radius 3 is 3.06 bits per heavy atom. The molecule has 2 rings (SSSR count). The first-order valence-electron chi connectivity index (χ1n) is 5.10. The van der Waals surface area contributed by atoms with Gasteiger partial charge in [-0.15, -0.1) is 0 Å². The Morgan fingerprint density at radius 1 is 1.50 bits per heavy atom. The van der Waals surface area contributed by atoms with Gasteiger partial charge in [0.25, 0.3) is 0 Å². The van der Waals surface area contributed by atoms with Crippen LogP contribution >= 0.6 is 0 Å². The number of nitrogens with two attached hydrogens (primary N) is 1. The molecule has 0 saturated carbocycles. The number of H-pyrrole nitrogens is 1. The Kier molecular flexibility index (Phi) is 2.92. The van der Waals surface area contributed by atoms with Crippen LogP contribution in [0.3, 0.4) is 0 Å². The van der Waals surface area contributed by atoms with Crippen molar-refractivity contribution in [2.45, 2.75) is 12.5 Å². The van der Waals surface area contributed by atoms with Gasteiger partial charge in [0.15, 0.2) is 0 Å². The molecular formula is C12H14N2O2. The lowest BCUT2D eigenvalue weighted by atomic mass is 10.0. The third kappa shape index (κ3) is 2.06. The van der Waals surface area contributed by atoms with E-state index in [-0.39, 0.29) is 18.4 Å². The molecule has 16 heavy (non-hydrogen) atoms. The van der Waals surface area contributed by atoms with Crippen LogP contribution in [0.2, 0.25) is 0 Å². The van der Waals surface area contributed by atoms with Gasteiger partial charge in [-0.25, -0.2) is 0 Å². The second kappa shape index (κ2) is 4.37. The summed E-state index contributed by atoms with van der Waals surface area (Å²) in [6.07, 6.45) is 2.08. The van der Waals surface area contributed by atoms with Crippen molar-refractivity contribution in [2.75, 3.05) is 7.11 Å². The first kappa shape index (κ1) is 10.7. The van der Waals surface area contributed by atoms with E-state index in [9.17, 15) is 4.79 Å². The highest BCUT2D eigenvalue weighted by molar-refractivity contribution is 5.80. The van der Waals surface area contributed by atoms with Gasteiger partial charge in [-0.3, -0.25) is 4.79 Å². The van der Waals surface area contributed by atoms with Crippen molar-refractivity contribution in [1.29, 1.82) is 0 Å². The van der Waals surface area contributed by atoms with Gasteiger partial charge in [0.05, 0.1) is 13.5 Å². The van der Waals surface area contributed by atoms with Gasteiger partial charge in [-0.1, -0.05) is 6.07 Å². The van der Waals surface area contributed by atoms with Crippen LogP contribution in [0, 0.1) is 0 Å². The number of carbonyl (C=O) groups is 1. The Balaban J connectivity index is 2.22. The molecule has 0 fully saturated rings. The molecule has 0 saturated heterocycles. The molecule has 0 bridgehead atoms. The summed E-state index contributed by atoms with van der Waals surface area (Å²) in [5, 5.41) is 1.10. The summed E-state index contributed by atoms with van der Waals surface area (Å²) >= 11 is 0. The van der Waals surface area contributed by atoms with Crippen molar-refractivity contribution in [3.05, 3.63) is 36.0 Å². The Bertz CT molecular complexity index is 504. The highest BCUT2D eigenvalue weighted by Gasteiger charge is 2.12. The van der Waals surface area contributed by atoms with Crippen LogP contribution < -0.4 is 5.73 Å². The van der Waals surface area contributed by atoms with Crippen molar-refractivity contribution in [3.63, 3.8) is 0 Å². The number of aromatic nitrogens is 1. The molecular weight excluding hydrogens is 204 g/mol. The van der Waals surface area contributed by atoms with Crippen molar-refractivity contribution in [3.8, 4) is 0 Å². The number of methoxy groups -OCH3 is 1. The molecule has 3 N–H and O–H groups in total. The van der Waals surface area contributed by atoms with Crippen LogP contribution in [-0.4, -0.2) is 18.1 Å². The van der Waals surface area contributed by atoms with Crippen molar-refractivity contribution in [1.82, 2.24) is 4.98 Å². The lowest BCUT2D eigenvalue weighted by Gasteiger charge is -2.10. The molecule has 0 amide bonds. The minimum atomic E-state index is -0.313. The quantitative estimate of drug-likeness (QED) is 0.771. The number of nitrogens with one attached hydrogen (secondary N) is 1. The predicted molar refractivity (Wildman–Crippen MR) is 61.9 cm³/mol. The first-order valence-corrected chi connectivity index (χ1v) is 5.10. The summed E-state index contributed by atoms with van der Waals surface area (Å²) < 4.78 is 4.59. The van der Waals surface area contributed by atoms with Crippen molar-refractivity contribution in [2.24, 2.45) is 5.73 Å². The largest absolute Gasteiger partial charge is 0.469 e. The monoisotopic (exact) mass is 218 g/mol. The fourth-order valence-electron chi connectivity index (χ4n) is 1.68. The second-order valence-corrected chi connectivity index (χ2v) is 3.71. The van der Waals surface area contributed by atoms with Crippen molar-refractivity contribution < 1.29 is 9.53 Å². The minimum Gasteiger partial charge on any atom is -0.469 e. The molecule has 0 aliphatic carbocycles. The van der Waals surface area contributed by atoms with Crippen LogP contribution in [0.4, 0.5) is 0 Å². The smallest absolute Gasteiger partial charge is 0.307 e. The van der Waals surface area contributed by atoms with Gasteiger partial charge in [0, 0.05) is 17.8 Å². The molecule has 0 unspecified atom stereocenters. The van der Waals surface area contributed by atoms with E-state index >= 15 is 0 Å². The lowest BCUT2D eigenvalue weighted by molar-refractivity contribution is -0.141. The van der Waals surface area contributed by atoms with Crippen LogP contribution in [0.15, 0.2) is 30.5 Å². The molecule has 0 spiro atoms. The number of rotatable bonds is 3. The molecule has 84 valence electrons. The number of esters is 1. The second-order valence-electron chi connectivity index (χ2n) is 3.71. The maximum absolute atomic E-state index is 11.1. The third-order valence-electron chi connectivity index (χ3n) is 2.62. The van der Waals surface area contributed by atoms with Gasteiger partial charge in [0.2, 0.25) is 0 Å². The third-order valence-corrected chi connectivity index (χ3v) is 2.62. The zero-order chi connectivity index (χ0) is 11.5. The number of fused-ring (bicyclic) bond motifs is 1. The highest BCUT2D eigenvalue weighted by atomic mass is 16.5. The van der Waals surface area contributed by atoms with Gasteiger partial charge < -0.3 is 15.5 Å². The van der Waals surface area contributed by atoms with Crippen LogP contribution in [-0.2, 0) is 9.53 Å². The van der Waals surface area contributed by atoms with E-state index in [1.165, 1.54) is 7.11 Å². The molecule has 1 aromatic heterocycles. The van der Waals surface area contributed by atoms with E-state index in [4.69, 9.17) is 5.73 Å². The molecule has 0 aliphatic rings. The standard InChI is InChI=1S/C12H14N2O2/c1-16-12(15)7-10(13)8-2-3-11-9(6-8)4-5-14-11/h2-6,10,14H,7,13H2,1H3/t10-/m0/s1. The topological polar surface area (TPSA) is 68.1 Å².